The summed E-state index contributed by atoms with van der Waals surface area (Å²) in [6.07, 6.45) is 0.801. The quantitative estimate of drug-likeness (QED) is 0.626. The van der Waals surface area contributed by atoms with Gasteiger partial charge < -0.3 is 15.2 Å². The van der Waals surface area contributed by atoms with E-state index >= 15 is 0 Å². The highest BCUT2D eigenvalue weighted by Crippen LogP contribution is 2.21. The molecule has 3 heteroatoms. The molecule has 0 radical (unpaired) electrons. The summed E-state index contributed by atoms with van der Waals surface area (Å²) >= 11 is 0. The van der Waals surface area contributed by atoms with Crippen LogP contribution in [-0.2, 0) is 17.8 Å². The molecule has 0 saturated heterocycles. The summed E-state index contributed by atoms with van der Waals surface area (Å²) < 4.78 is 11.3. The number of hydrogen-bond donors (Lipinski definition) is 1. The lowest BCUT2D eigenvalue weighted by atomic mass is 10.0. The highest BCUT2D eigenvalue weighted by Gasteiger charge is 2.06. The van der Waals surface area contributed by atoms with Crippen molar-refractivity contribution < 1.29 is 9.47 Å². The maximum absolute atomic E-state index is 5.89. The first-order valence-electron chi connectivity index (χ1n) is 7.24. The fourth-order valence-corrected chi connectivity index (χ4v) is 2.19. The van der Waals surface area contributed by atoms with Gasteiger partial charge in [0.1, 0.15) is 5.75 Å². The zero-order valence-electron chi connectivity index (χ0n) is 12.7. The van der Waals surface area contributed by atoms with E-state index in [1.807, 2.05) is 49.4 Å². The molecule has 0 aromatic heterocycles. The van der Waals surface area contributed by atoms with Gasteiger partial charge in [0.15, 0.2) is 6.79 Å². The Balaban J connectivity index is 1.87. The molecular formula is C18H23NO2. The molecule has 0 bridgehead atoms. The largest absolute Gasteiger partial charge is 0.467 e. The lowest BCUT2D eigenvalue weighted by Gasteiger charge is -2.14. The number of ether oxygens (including phenoxy) is 2. The summed E-state index contributed by atoms with van der Waals surface area (Å²) in [5.74, 6) is 0.853. The minimum absolute atomic E-state index is 0.111. The van der Waals surface area contributed by atoms with Crippen LogP contribution in [0.15, 0.2) is 48.5 Å². The van der Waals surface area contributed by atoms with Crippen LogP contribution in [0.25, 0.3) is 0 Å². The number of nitrogens with two attached hydrogens (primary N) is 1. The number of aryl methyl sites for hydroxylation is 1. The monoisotopic (exact) mass is 285 g/mol. The van der Waals surface area contributed by atoms with Crippen molar-refractivity contribution >= 4 is 0 Å². The zero-order valence-corrected chi connectivity index (χ0v) is 12.7. The number of hydrogen-bond acceptors (Lipinski definition) is 3. The van der Waals surface area contributed by atoms with Crippen LogP contribution >= 0.6 is 0 Å². The second kappa shape index (κ2) is 7.81. The van der Waals surface area contributed by atoms with E-state index in [1.165, 1.54) is 5.56 Å². The summed E-state index contributed by atoms with van der Waals surface area (Å²) in [7, 11) is 0. The standard InChI is InChI=1S/C18H23NO2/c1-14-8-9-18(17(10-14)11-15(2)19)21-13-20-12-16-6-4-3-5-7-16/h3-10,15H,11-13,19H2,1-2H3. The molecule has 0 fully saturated rings. The molecule has 0 heterocycles. The third-order valence-corrected chi connectivity index (χ3v) is 3.17. The van der Waals surface area contributed by atoms with Crippen molar-refractivity contribution in [1.82, 2.24) is 0 Å². The van der Waals surface area contributed by atoms with Gasteiger partial charge in [-0.2, -0.15) is 0 Å². The third kappa shape index (κ3) is 5.21. The molecule has 0 saturated carbocycles. The average molecular weight is 285 g/mol. The third-order valence-electron chi connectivity index (χ3n) is 3.17. The van der Waals surface area contributed by atoms with Crippen molar-refractivity contribution in [1.29, 1.82) is 0 Å². The van der Waals surface area contributed by atoms with Crippen LogP contribution in [0.2, 0.25) is 0 Å². The summed E-state index contributed by atoms with van der Waals surface area (Å²) in [4.78, 5) is 0. The molecule has 21 heavy (non-hydrogen) atoms. The van der Waals surface area contributed by atoms with Crippen LogP contribution in [-0.4, -0.2) is 12.8 Å². The van der Waals surface area contributed by atoms with Crippen molar-refractivity contribution in [3.8, 4) is 5.75 Å². The molecule has 0 aliphatic heterocycles. The second-order valence-electron chi connectivity index (χ2n) is 5.39. The van der Waals surface area contributed by atoms with Crippen LogP contribution < -0.4 is 10.5 Å². The molecule has 2 aromatic rings. The van der Waals surface area contributed by atoms with Crippen molar-refractivity contribution in [2.75, 3.05) is 6.79 Å². The molecular weight excluding hydrogens is 262 g/mol. The van der Waals surface area contributed by atoms with Crippen molar-refractivity contribution in [3.05, 3.63) is 65.2 Å². The number of benzene rings is 2. The molecule has 0 aliphatic carbocycles. The molecule has 2 N–H and O–H groups in total. The summed E-state index contributed by atoms with van der Waals surface area (Å²) in [6.45, 7) is 4.86. The van der Waals surface area contributed by atoms with Crippen LogP contribution in [0.4, 0.5) is 0 Å². The van der Waals surface area contributed by atoms with Crippen LogP contribution in [0.1, 0.15) is 23.6 Å². The van der Waals surface area contributed by atoms with Gasteiger partial charge >= 0.3 is 0 Å². The zero-order chi connectivity index (χ0) is 15.1. The molecule has 3 nitrogen and oxygen atoms in total. The van der Waals surface area contributed by atoms with Gasteiger partial charge in [0.25, 0.3) is 0 Å². The Bertz CT molecular complexity index is 552. The lowest BCUT2D eigenvalue weighted by Crippen LogP contribution is -2.18. The van der Waals surface area contributed by atoms with E-state index < -0.39 is 0 Å². The first kappa shape index (κ1) is 15.5. The maximum atomic E-state index is 5.89. The molecule has 0 aliphatic rings. The predicted octanol–water partition coefficient (Wildman–Crippen LogP) is 3.44. The molecule has 112 valence electrons. The second-order valence-corrected chi connectivity index (χ2v) is 5.39. The predicted molar refractivity (Wildman–Crippen MR) is 85.3 cm³/mol. The summed E-state index contributed by atoms with van der Waals surface area (Å²) in [5, 5.41) is 0. The maximum Gasteiger partial charge on any atom is 0.189 e. The van der Waals surface area contributed by atoms with Gasteiger partial charge in [-0.1, -0.05) is 48.0 Å². The van der Waals surface area contributed by atoms with Gasteiger partial charge in [-0.15, -0.1) is 0 Å². The first-order valence-corrected chi connectivity index (χ1v) is 7.24. The van der Waals surface area contributed by atoms with E-state index in [4.69, 9.17) is 15.2 Å². The number of rotatable bonds is 7. The van der Waals surface area contributed by atoms with Gasteiger partial charge in [-0.25, -0.2) is 0 Å². The van der Waals surface area contributed by atoms with E-state index in [-0.39, 0.29) is 12.8 Å². The van der Waals surface area contributed by atoms with Gasteiger partial charge in [-0.3, -0.25) is 0 Å². The van der Waals surface area contributed by atoms with Crippen LogP contribution in [0.5, 0.6) is 5.75 Å². The minimum atomic E-state index is 0.111. The molecule has 0 amide bonds. The van der Waals surface area contributed by atoms with E-state index in [9.17, 15) is 0 Å². The Morgan fingerprint density at radius 3 is 2.57 bits per heavy atom. The highest BCUT2D eigenvalue weighted by atomic mass is 16.7. The van der Waals surface area contributed by atoms with Crippen molar-refractivity contribution in [2.24, 2.45) is 5.73 Å². The summed E-state index contributed by atoms with van der Waals surface area (Å²) in [6, 6.07) is 16.3. The van der Waals surface area contributed by atoms with Crippen LogP contribution in [0, 0.1) is 6.92 Å². The minimum Gasteiger partial charge on any atom is -0.467 e. The summed E-state index contributed by atoms with van der Waals surface area (Å²) in [5.41, 5.74) is 9.37. The molecule has 0 spiro atoms. The molecule has 1 atom stereocenters. The Morgan fingerprint density at radius 1 is 1.10 bits per heavy atom. The smallest absolute Gasteiger partial charge is 0.189 e. The first-order chi connectivity index (χ1) is 10.1. The van der Waals surface area contributed by atoms with Crippen molar-refractivity contribution in [2.45, 2.75) is 32.9 Å². The Hall–Kier alpha value is -1.84. The Morgan fingerprint density at radius 2 is 1.86 bits per heavy atom. The van der Waals surface area contributed by atoms with E-state index in [0.29, 0.717) is 6.61 Å². The molecule has 2 rings (SSSR count). The average Bonchev–Trinajstić information content (AvgIpc) is 2.46. The van der Waals surface area contributed by atoms with E-state index in [2.05, 4.69) is 13.0 Å². The topological polar surface area (TPSA) is 44.5 Å². The van der Waals surface area contributed by atoms with Gasteiger partial charge in [0, 0.05) is 6.04 Å². The Labute approximate surface area is 126 Å². The van der Waals surface area contributed by atoms with Crippen LogP contribution in [0.3, 0.4) is 0 Å². The van der Waals surface area contributed by atoms with Gasteiger partial charge in [0.05, 0.1) is 6.61 Å². The molecule has 2 aromatic carbocycles. The van der Waals surface area contributed by atoms with E-state index in [1.54, 1.807) is 0 Å². The van der Waals surface area contributed by atoms with Gasteiger partial charge in [-0.05, 0) is 37.5 Å². The fourth-order valence-electron chi connectivity index (χ4n) is 2.19. The normalized spacial score (nSPS) is 12.1. The van der Waals surface area contributed by atoms with Crippen molar-refractivity contribution in [3.63, 3.8) is 0 Å². The SMILES string of the molecule is Cc1ccc(OCOCc2ccccc2)c(CC(C)N)c1. The highest BCUT2D eigenvalue weighted by molar-refractivity contribution is 5.37. The molecule has 1 unspecified atom stereocenters. The Kier molecular flexibility index (Phi) is 5.78. The fraction of sp³-hybridized carbons (Fsp3) is 0.333. The van der Waals surface area contributed by atoms with Gasteiger partial charge in [0.2, 0.25) is 0 Å². The van der Waals surface area contributed by atoms with E-state index in [0.717, 1.165) is 23.3 Å². The lowest BCUT2D eigenvalue weighted by molar-refractivity contribution is 0.00450.